The van der Waals surface area contributed by atoms with Crippen molar-refractivity contribution in [1.82, 2.24) is 37.2 Å². The molecule has 0 saturated heterocycles. The molecule has 8 N–H and O–H groups in total. The second-order valence-corrected chi connectivity index (χ2v) is 13.8. The lowest BCUT2D eigenvalue weighted by Gasteiger charge is -2.21. The van der Waals surface area contributed by atoms with Crippen molar-refractivity contribution in [2.75, 3.05) is 32.7 Å². The van der Waals surface area contributed by atoms with Crippen LogP contribution in [0.2, 0.25) is 0 Å². The molecule has 0 heterocycles. The maximum absolute atomic E-state index is 13.1. The Kier molecular flexibility index (Phi) is 30.4. The zero-order chi connectivity index (χ0) is 39.0. The van der Waals surface area contributed by atoms with Crippen LogP contribution in [0.1, 0.15) is 150 Å². The first kappa shape index (κ1) is 48.7. The first-order valence-corrected chi connectivity index (χ1v) is 20.1. The first-order valence-electron chi connectivity index (χ1n) is 20.1. The molecule has 0 aromatic rings. The molecule has 4 atom stereocenters. The maximum Gasteiger partial charge on any atom is 0.326 e. The van der Waals surface area contributed by atoms with Crippen molar-refractivity contribution in [1.29, 1.82) is 0 Å². The Labute approximate surface area is 313 Å². The van der Waals surface area contributed by atoms with Gasteiger partial charge in [0.05, 0.1) is 12.1 Å². The van der Waals surface area contributed by atoms with Gasteiger partial charge in [-0.15, -0.1) is 0 Å². The highest BCUT2D eigenvalue weighted by Crippen LogP contribution is 2.08. The van der Waals surface area contributed by atoms with Gasteiger partial charge >= 0.3 is 5.97 Å². The summed E-state index contributed by atoms with van der Waals surface area (Å²) in [7, 11) is 0. The normalized spacial score (nSPS) is 13.3. The molecule has 5 amide bonds. The second-order valence-electron chi connectivity index (χ2n) is 13.8. The van der Waals surface area contributed by atoms with E-state index in [9.17, 15) is 33.9 Å². The molecule has 0 radical (unpaired) electrons. The molecule has 52 heavy (non-hydrogen) atoms. The first-order chi connectivity index (χ1) is 25.0. The molecule has 0 aromatic carbocycles. The standard InChI is InChI=1S/C38H73N7O7/c1-6-9-20-32(38(51)52)45-37(50)31(44-34(47)23-15-13-18-28-43-36(49)30(5)40-25-11-8-3)21-16-19-26-41-33(46)22-14-12-17-27-42-35(48)29(4)39-24-10-7-2/h29-32,39-40H,6-28H2,1-5H3,(H,41,46)(H,42,48)(H,43,49)(H,44,47)(H,45,50)(H,51,52). The van der Waals surface area contributed by atoms with Crippen LogP contribution in [0.5, 0.6) is 0 Å². The van der Waals surface area contributed by atoms with Crippen molar-refractivity contribution in [2.24, 2.45) is 0 Å². The summed E-state index contributed by atoms with van der Waals surface area (Å²) in [4.78, 5) is 74.3. The topological polar surface area (TPSA) is 207 Å². The predicted molar refractivity (Wildman–Crippen MR) is 206 cm³/mol. The molecule has 0 rings (SSSR count). The molecule has 0 bridgehead atoms. The van der Waals surface area contributed by atoms with E-state index in [0.29, 0.717) is 71.0 Å². The number of nitrogens with one attached hydrogen (secondary N) is 7. The van der Waals surface area contributed by atoms with Gasteiger partial charge in [0.15, 0.2) is 0 Å². The number of rotatable bonds is 34. The number of carboxylic acids is 1. The molecule has 0 aliphatic carbocycles. The number of carbonyl (C=O) groups excluding carboxylic acids is 5. The number of unbranched alkanes of at least 4 members (excludes halogenated alkanes) is 8. The molecule has 302 valence electrons. The summed E-state index contributed by atoms with van der Waals surface area (Å²) in [6.07, 6.45) is 12.4. The molecule has 0 aromatic heterocycles. The van der Waals surface area contributed by atoms with Gasteiger partial charge in [0, 0.05) is 32.5 Å². The summed E-state index contributed by atoms with van der Waals surface area (Å²) in [5.74, 6) is -2.04. The smallest absolute Gasteiger partial charge is 0.326 e. The summed E-state index contributed by atoms with van der Waals surface area (Å²) in [6.45, 7) is 13.0. The van der Waals surface area contributed by atoms with E-state index >= 15 is 0 Å². The van der Waals surface area contributed by atoms with Gasteiger partial charge in [-0.25, -0.2) is 4.79 Å². The third-order valence-electron chi connectivity index (χ3n) is 8.86. The lowest BCUT2D eigenvalue weighted by atomic mass is 10.1. The molecule has 0 aliphatic heterocycles. The largest absolute Gasteiger partial charge is 0.480 e. The van der Waals surface area contributed by atoms with E-state index in [1.165, 1.54) is 0 Å². The van der Waals surface area contributed by atoms with Gasteiger partial charge in [-0.3, -0.25) is 24.0 Å². The Hall–Kier alpha value is -3.26. The van der Waals surface area contributed by atoms with E-state index < -0.39 is 24.0 Å². The molecule has 0 spiro atoms. The zero-order valence-corrected chi connectivity index (χ0v) is 33.0. The van der Waals surface area contributed by atoms with Crippen molar-refractivity contribution in [3.63, 3.8) is 0 Å². The number of carboxylic acid groups (broad SMARTS) is 1. The molecule has 14 nitrogen and oxygen atoms in total. The fourth-order valence-electron chi connectivity index (χ4n) is 5.34. The van der Waals surface area contributed by atoms with Crippen molar-refractivity contribution in [3.05, 3.63) is 0 Å². The van der Waals surface area contributed by atoms with Gasteiger partial charge in [0.1, 0.15) is 12.1 Å². The summed E-state index contributed by atoms with van der Waals surface area (Å²) < 4.78 is 0. The molecule has 14 heteroatoms. The number of amides is 5. The van der Waals surface area contributed by atoms with Crippen LogP contribution in [0.3, 0.4) is 0 Å². The Bertz CT molecular complexity index is 1010. The van der Waals surface area contributed by atoms with E-state index in [1.807, 2.05) is 20.8 Å². The minimum atomic E-state index is -1.11. The average Bonchev–Trinajstić information content (AvgIpc) is 3.11. The second kappa shape index (κ2) is 32.4. The van der Waals surface area contributed by atoms with Gasteiger partial charge in [0.2, 0.25) is 29.5 Å². The van der Waals surface area contributed by atoms with Crippen LogP contribution in [0.25, 0.3) is 0 Å². The monoisotopic (exact) mass is 740 g/mol. The molecule has 0 fully saturated rings. The van der Waals surface area contributed by atoms with Crippen LogP contribution in [0, 0.1) is 0 Å². The number of hydrogen-bond donors (Lipinski definition) is 8. The van der Waals surface area contributed by atoms with Gasteiger partial charge in [-0.2, -0.15) is 0 Å². The Morgan fingerprint density at radius 3 is 1.42 bits per heavy atom. The zero-order valence-electron chi connectivity index (χ0n) is 33.0. The molecule has 0 aliphatic rings. The number of aliphatic carboxylic acids is 1. The highest BCUT2D eigenvalue weighted by atomic mass is 16.4. The van der Waals surface area contributed by atoms with Gasteiger partial charge in [-0.1, -0.05) is 59.3 Å². The van der Waals surface area contributed by atoms with Crippen molar-refractivity contribution < 1.29 is 33.9 Å². The minimum Gasteiger partial charge on any atom is -0.480 e. The van der Waals surface area contributed by atoms with Gasteiger partial charge in [-0.05, 0) is 91.1 Å². The highest BCUT2D eigenvalue weighted by molar-refractivity contribution is 5.90. The Morgan fingerprint density at radius 1 is 0.462 bits per heavy atom. The molecule has 4 unspecified atom stereocenters. The van der Waals surface area contributed by atoms with Crippen LogP contribution in [0.4, 0.5) is 0 Å². The average molecular weight is 740 g/mol. The van der Waals surface area contributed by atoms with Crippen LogP contribution in [-0.4, -0.2) is 97.5 Å². The fraction of sp³-hybridized carbons (Fsp3) is 0.842. The predicted octanol–water partition coefficient (Wildman–Crippen LogP) is 3.43. The van der Waals surface area contributed by atoms with Crippen LogP contribution in [-0.2, 0) is 28.8 Å². The van der Waals surface area contributed by atoms with E-state index in [0.717, 1.165) is 70.9 Å². The van der Waals surface area contributed by atoms with Crippen molar-refractivity contribution in [3.8, 4) is 0 Å². The van der Waals surface area contributed by atoms with Gasteiger partial charge < -0.3 is 42.3 Å². The van der Waals surface area contributed by atoms with Crippen molar-refractivity contribution in [2.45, 2.75) is 174 Å². The third-order valence-corrected chi connectivity index (χ3v) is 8.86. The Balaban J connectivity index is 4.58. The summed E-state index contributed by atoms with van der Waals surface area (Å²) >= 11 is 0. The lowest BCUT2D eigenvalue weighted by Crippen LogP contribution is -2.51. The third kappa shape index (κ3) is 26.5. The summed E-state index contributed by atoms with van der Waals surface area (Å²) in [6, 6.07) is -2.39. The fourth-order valence-corrected chi connectivity index (χ4v) is 5.34. The summed E-state index contributed by atoms with van der Waals surface area (Å²) in [5, 5.41) is 30.1. The molecular weight excluding hydrogens is 666 g/mol. The van der Waals surface area contributed by atoms with E-state index in [1.54, 1.807) is 0 Å². The van der Waals surface area contributed by atoms with Crippen LogP contribution < -0.4 is 37.2 Å². The molecule has 0 saturated carbocycles. The van der Waals surface area contributed by atoms with Crippen LogP contribution in [0.15, 0.2) is 0 Å². The number of hydrogen-bond acceptors (Lipinski definition) is 8. The van der Waals surface area contributed by atoms with Gasteiger partial charge in [0.25, 0.3) is 0 Å². The van der Waals surface area contributed by atoms with Crippen molar-refractivity contribution >= 4 is 35.5 Å². The lowest BCUT2D eigenvalue weighted by molar-refractivity contribution is -0.142. The van der Waals surface area contributed by atoms with Crippen LogP contribution >= 0.6 is 0 Å². The molecular formula is C38H73N7O7. The van der Waals surface area contributed by atoms with E-state index in [2.05, 4.69) is 51.1 Å². The summed E-state index contributed by atoms with van der Waals surface area (Å²) in [5.41, 5.74) is 0. The maximum atomic E-state index is 13.1. The quantitative estimate of drug-likeness (QED) is 0.0455. The highest BCUT2D eigenvalue weighted by Gasteiger charge is 2.26. The van der Waals surface area contributed by atoms with E-state index in [4.69, 9.17) is 0 Å². The van der Waals surface area contributed by atoms with E-state index in [-0.39, 0.29) is 42.1 Å². The Morgan fingerprint density at radius 2 is 0.923 bits per heavy atom. The SMILES string of the molecule is CCCCNC(C)C(=O)NCCCCCC(=O)NCCCCC(NC(=O)CCCCCNC(=O)C(C)NCCCC)C(=O)NC(CCCC)C(=O)O. The number of carbonyl (C=O) groups is 6. The minimum absolute atomic E-state index is 0.0129.